The number of amides is 4. The third-order valence-corrected chi connectivity index (χ3v) is 15.4. The van der Waals surface area contributed by atoms with E-state index in [1.165, 1.54) is 113 Å². The molecular formula is C36H62N4O4S2. The summed E-state index contributed by atoms with van der Waals surface area (Å²) in [6.07, 6.45) is 24.2. The van der Waals surface area contributed by atoms with Crippen molar-refractivity contribution in [2.24, 2.45) is 0 Å². The van der Waals surface area contributed by atoms with Gasteiger partial charge >= 0.3 is 0 Å². The van der Waals surface area contributed by atoms with Gasteiger partial charge in [0.15, 0.2) is 9.49 Å². The Labute approximate surface area is 287 Å². The minimum Gasteiger partial charge on any atom is -0.308 e. The van der Waals surface area contributed by atoms with Crippen molar-refractivity contribution in [3.05, 3.63) is 0 Å². The minimum atomic E-state index is -1.34. The van der Waals surface area contributed by atoms with Crippen LogP contribution in [0, 0.1) is 0 Å². The van der Waals surface area contributed by atoms with E-state index in [-0.39, 0.29) is 23.6 Å². The average molecular weight is 679 g/mol. The molecule has 0 aromatic carbocycles. The van der Waals surface area contributed by atoms with Crippen LogP contribution in [-0.2, 0) is 19.2 Å². The lowest BCUT2D eigenvalue weighted by molar-refractivity contribution is -0.203. The highest BCUT2D eigenvalue weighted by molar-refractivity contribution is 8.08. The fourth-order valence-corrected chi connectivity index (χ4v) is 12.8. The lowest BCUT2D eigenvalue weighted by Gasteiger charge is -2.77. The first-order valence-corrected chi connectivity index (χ1v) is 20.2. The molecule has 0 unspecified atom stereocenters. The summed E-state index contributed by atoms with van der Waals surface area (Å²) in [4.78, 5) is 61.4. The van der Waals surface area contributed by atoms with Crippen LogP contribution in [0.4, 0.5) is 0 Å². The molecule has 8 nitrogen and oxygen atoms in total. The third-order valence-electron chi connectivity index (χ3n) is 11.2. The van der Waals surface area contributed by atoms with E-state index in [4.69, 9.17) is 0 Å². The molecule has 4 amide bonds. The number of fused-ring (bicyclic) bond motifs is 4. The fraction of sp³-hybridized carbons (Fsp3) is 0.889. The summed E-state index contributed by atoms with van der Waals surface area (Å²) in [5.74, 6) is -0.730. The van der Waals surface area contributed by atoms with Crippen LogP contribution < -0.4 is 0 Å². The van der Waals surface area contributed by atoms with E-state index in [9.17, 15) is 19.2 Å². The molecule has 6 heterocycles. The van der Waals surface area contributed by atoms with Gasteiger partial charge in [-0.3, -0.25) is 19.2 Å². The highest BCUT2D eigenvalue weighted by atomic mass is 32.2. The molecule has 0 saturated carbocycles. The molecule has 2 spiro atoms. The highest BCUT2D eigenvalue weighted by Gasteiger charge is 2.88. The molecule has 6 fully saturated rings. The zero-order valence-electron chi connectivity index (χ0n) is 29.8. The molecular weight excluding hydrogens is 617 g/mol. The van der Waals surface area contributed by atoms with E-state index >= 15 is 0 Å². The van der Waals surface area contributed by atoms with Crippen molar-refractivity contribution in [1.29, 1.82) is 0 Å². The Morgan fingerprint density at radius 3 is 0.848 bits per heavy atom. The van der Waals surface area contributed by atoms with Gasteiger partial charge in [-0.2, -0.15) is 0 Å². The zero-order chi connectivity index (χ0) is 33.6. The van der Waals surface area contributed by atoms with Crippen LogP contribution in [-0.4, -0.2) is 90.9 Å². The second-order valence-electron chi connectivity index (χ2n) is 14.4. The minimum absolute atomic E-state index is 0.182. The van der Waals surface area contributed by atoms with Crippen LogP contribution in [0.5, 0.6) is 0 Å². The van der Waals surface area contributed by atoms with Crippen molar-refractivity contribution < 1.29 is 19.2 Å². The van der Waals surface area contributed by atoms with Crippen molar-refractivity contribution in [3.63, 3.8) is 0 Å². The average Bonchev–Trinajstić information content (AvgIpc) is 3.05. The Morgan fingerprint density at radius 2 is 0.609 bits per heavy atom. The third kappa shape index (κ3) is 6.13. The van der Waals surface area contributed by atoms with E-state index in [1.807, 2.05) is 0 Å². The number of carbonyl (C=O) groups excluding carboxylic acids is 4. The van der Waals surface area contributed by atoms with E-state index in [1.54, 1.807) is 47.8 Å². The molecule has 6 aliphatic rings. The lowest BCUT2D eigenvalue weighted by Crippen LogP contribution is -2.96. The van der Waals surface area contributed by atoms with Crippen LogP contribution in [0.3, 0.4) is 0 Å². The summed E-state index contributed by atoms with van der Waals surface area (Å²) < 4.78 is -2.69. The number of hydrogen-bond donors (Lipinski definition) is 0. The van der Waals surface area contributed by atoms with Crippen molar-refractivity contribution in [3.8, 4) is 0 Å². The van der Waals surface area contributed by atoms with Crippen molar-refractivity contribution in [2.75, 3.05) is 28.2 Å². The smallest absolute Gasteiger partial charge is 0.251 e. The predicted octanol–water partition coefficient (Wildman–Crippen LogP) is 7.75. The van der Waals surface area contributed by atoms with Crippen LogP contribution in [0.25, 0.3) is 0 Å². The van der Waals surface area contributed by atoms with Gasteiger partial charge in [0.05, 0.1) is 0 Å². The second-order valence-corrected chi connectivity index (χ2v) is 17.3. The topological polar surface area (TPSA) is 81.2 Å². The summed E-state index contributed by atoms with van der Waals surface area (Å²) in [6.45, 7) is 4.47. The predicted molar refractivity (Wildman–Crippen MR) is 190 cm³/mol. The van der Waals surface area contributed by atoms with E-state index in [2.05, 4.69) is 13.8 Å². The molecule has 0 aliphatic carbocycles. The molecule has 0 aromatic heterocycles. The summed E-state index contributed by atoms with van der Waals surface area (Å²) in [5.41, 5.74) is 0. The Balaban J connectivity index is 1.43. The van der Waals surface area contributed by atoms with Gasteiger partial charge in [-0.1, -0.05) is 166 Å². The van der Waals surface area contributed by atoms with Crippen LogP contribution in [0.1, 0.15) is 155 Å². The maximum atomic E-state index is 14.2. The zero-order valence-corrected chi connectivity index (χ0v) is 31.4. The van der Waals surface area contributed by atoms with Crippen molar-refractivity contribution in [1.82, 2.24) is 19.6 Å². The molecule has 4 bridgehead atoms. The number of hydrogen-bond acceptors (Lipinski definition) is 6. The van der Waals surface area contributed by atoms with Gasteiger partial charge in [0.1, 0.15) is 0 Å². The molecule has 262 valence electrons. The summed E-state index contributed by atoms with van der Waals surface area (Å²) >= 11 is 2.53. The molecule has 46 heavy (non-hydrogen) atoms. The fourth-order valence-electron chi connectivity index (χ4n) is 8.46. The largest absolute Gasteiger partial charge is 0.308 e. The lowest BCUT2D eigenvalue weighted by atomic mass is 9.88. The van der Waals surface area contributed by atoms with E-state index in [0.717, 1.165) is 38.5 Å². The maximum absolute atomic E-state index is 14.2. The first-order valence-electron chi connectivity index (χ1n) is 18.6. The maximum Gasteiger partial charge on any atom is 0.251 e. The Kier molecular flexibility index (Phi) is 12.9. The van der Waals surface area contributed by atoms with Crippen molar-refractivity contribution >= 4 is 47.2 Å². The second kappa shape index (κ2) is 15.9. The van der Waals surface area contributed by atoms with Crippen molar-refractivity contribution in [2.45, 2.75) is 175 Å². The number of thioether (sulfide) groups is 2. The number of rotatable bonds is 22. The van der Waals surface area contributed by atoms with Crippen LogP contribution in [0.2, 0.25) is 0 Å². The Hall–Kier alpha value is -1.42. The molecule has 0 radical (unpaired) electrons. The Morgan fingerprint density at radius 1 is 0.391 bits per heavy atom. The van der Waals surface area contributed by atoms with Crippen LogP contribution in [0.15, 0.2) is 0 Å². The molecule has 0 N–H and O–H groups in total. The first kappa shape index (κ1) is 37.4. The van der Waals surface area contributed by atoms with Gasteiger partial charge in [-0.05, 0) is 12.8 Å². The number of nitrogens with zero attached hydrogens (tertiary/aromatic N) is 4. The number of carbonyl (C=O) groups is 4. The molecule has 0 aromatic rings. The quantitative estimate of drug-likeness (QED) is 0.0861. The van der Waals surface area contributed by atoms with Crippen LogP contribution >= 0.6 is 23.5 Å². The van der Waals surface area contributed by atoms with Gasteiger partial charge in [0.25, 0.3) is 23.6 Å². The standard InChI is InChI=1S/C36H62N4O4S2/c1-7-9-11-13-15-17-19-21-23-25-27-33-29(41)37(3)36(38(4)30(33)42)35(45-33)39(5)31(43)34(46-36,32(44)40(35)6)28-26-24-22-20-18-16-14-12-10-8-2/h7-28H2,1-6H3. The normalized spacial score (nSPS) is 30.3. The number of likely N-dealkylation sites (N-methyl/N-ethyl adjacent to an activating group) is 4. The monoisotopic (exact) mass is 678 g/mol. The van der Waals surface area contributed by atoms with Gasteiger partial charge in [-0.25, -0.2) is 0 Å². The Bertz CT molecular complexity index is 972. The van der Waals surface area contributed by atoms with Gasteiger partial charge in [0, 0.05) is 28.2 Å². The van der Waals surface area contributed by atoms with E-state index < -0.39 is 19.5 Å². The molecule has 6 rings (SSSR count). The van der Waals surface area contributed by atoms with Gasteiger partial charge < -0.3 is 19.6 Å². The first-order chi connectivity index (χ1) is 22.0. The SMILES string of the molecule is CCCCCCCCCCCCC12SC34N(C)C(=O)C(CCCCCCCCCCCC)(SC3(N(C)C1=O)N(C)C2=O)C(=O)N4C. The summed E-state index contributed by atoms with van der Waals surface area (Å²) in [7, 11) is 7.11. The van der Waals surface area contributed by atoms with E-state index in [0.29, 0.717) is 12.8 Å². The molecule has 0 atom stereocenters. The van der Waals surface area contributed by atoms with Gasteiger partial charge in [-0.15, -0.1) is 0 Å². The molecule has 6 aliphatic heterocycles. The highest BCUT2D eigenvalue weighted by Crippen LogP contribution is 2.72. The molecule has 6 saturated heterocycles. The number of unbranched alkanes of at least 4 members (excludes halogenated alkanes) is 18. The van der Waals surface area contributed by atoms with Gasteiger partial charge in [0.2, 0.25) is 9.99 Å². The molecule has 10 heteroatoms. The summed E-state index contributed by atoms with van der Waals surface area (Å²) in [5, 5.41) is 0. The summed E-state index contributed by atoms with van der Waals surface area (Å²) in [6, 6.07) is 0.